The maximum Gasteiger partial charge on any atom is 0.303 e. The van der Waals surface area contributed by atoms with Crippen molar-refractivity contribution in [3.63, 3.8) is 0 Å². The molecule has 21 heavy (non-hydrogen) atoms. The van der Waals surface area contributed by atoms with Crippen LogP contribution in [0.15, 0.2) is 48.6 Å². The summed E-state index contributed by atoms with van der Waals surface area (Å²) in [6.07, 6.45) is 24.1. The molecule has 0 aromatic carbocycles. The molecule has 1 rings (SSSR count). The van der Waals surface area contributed by atoms with Gasteiger partial charge in [0.25, 0.3) is 0 Å². The monoisotopic (exact) mass is 288 g/mol. The van der Waals surface area contributed by atoms with Crippen molar-refractivity contribution in [2.24, 2.45) is 11.8 Å². The third-order valence-electron chi connectivity index (χ3n) is 3.93. The topological polar surface area (TPSA) is 37.3 Å². The minimum atomic E-state index is -0.711. The van der Waals surface area contributed by atoms with Crippen LogP contribution >= 0.6 is 0 Å². The second kappa shape index (κ2) is 11.1. The van der Waals surface area contributed by atoms with E-state index < -0.39 is 5.97 Å². The predicted octanol–water partition coefficient (Wildman–Crippen LogP) is 5.29. The van der Waals surface area contributed by atoms with Crippen LogP contribution in [0.3, 0.4) is 0 Å². The Balaban J connectivity index is 2.32. The van der Waals surface area contributed by atoms with Crippen LogP contribution in [0, 0.1) is 11.8 Å². The van der Waals surface area contributed by atoms with Gasteiger partial charge in [0.15, 0.2) is 0 Å². The van der Waals surface area contributed by atoms with E-state index in [4.69, 9.17) is 5.11 Å². The van der Waals surface area contributed by atoms with Crippen LogP contribution in [0.5, 0.6) is 0 Å². The molecule has 1 N–H and O–H groups in total. The Hall–Kier alpha value is -1.57. The van der Waals surface area contributed by atoms with Gasteiger partial charge in [-0.3, -0.25) is 4.79 Å². The van der Waals surface area contributed by atoms with E-state index in [1.54, 1.807) is 0 Å². The Morgan fingerprint density at radius 2 is 2.00 bits per heavy atom. The fraction of sp³-hybridized carbons (Fsp3) is 0.526. The molecule has 0 saturated carbocycles. The van der Waals surface area contributed by atoms with Gasteiger partial charge in [0, 0.05) is 6.42 Å². The molecule has 116 valence electrons. The van der Waals surface area contributed by atoms with E-state index in [0.717, 1.165) is 25.2 Å². The van der Waals surface area contributed by atoms with E-state index in [1.165, 1.54) is 19.3 Å². The molecule has 2 unspecified atom stereocenters. The number of hydrogen-bond donors (Lipinski definition) is 1. The third kappa shape index (κ3) is 8.34. The van der Waals surface area contributed by atoms with Gasteiger partial charge >= 0.3 is 5.97 Å². The summed E-state index contributed by atoms with van der Waals surface area (Å²) in [6.45, 7) is 2.08. The third-order valence-corrected chi connectivity index (χ3v) is 3.93. The highest BCUT2D eigenvalue weighted by Crippen LogP contribution is 2.30. The smallest absolute Gasteiger partial charge is 0.303 e. The van der Waals surface area contributed by atoms with Gasteiger partial charge < -0.3 is 5.11 Å². The second-order valence-electron chi connectivity index (χ2n) is 5.61. The summed E-state index contributed by atoms with van der Waals surface area (Å²) < 4.78 is 0. The van der Waals surface area contributed by atoms with Crippen LogP contribution in [0.4, 0.5) is 0 Å². The zero-order valence-electron chi connectivity index (χ0n) is 13.1. The first-order chi connectivity index (χ1) is 10.2. The number of aliphatic carboxylic acids is 1. The van der Waals surface area contributed by atoms with Crippen molar-refractivity contribution in [2.75, 3.05) is 0 Å². The standard InChI is InChI=1S/C19H28O2/c1-2-3-7-12-17-14-10-11-15-18(17)13-8-5-4-6-9-16-19(20)21/h2-5,8,10-11,13,17-18H,6-7,9,12,14-16H2,1H3,(H,20,21)/b3-2+,5-4+,13-8+. The van der Waals surface area contributed by atoms with Crippen molar-refractivity contribution in [1.29, 1.82) is 0 Å². The van der Waals surface area contributed by atoms with Gasteiger partial charge in [-0.25, -0.2) is 0 Å². The van der Waals surface area contributed by atoms with Gasteiger partial charge in [-0.1, -0.05) is 48.6 Å². The number of unbranched alkanes of at least 4 members (excludes halogenated alkanes) is 1. The summed E-state index contributed by atoms with van der Waals surface area (Å²) in [5, 5.41) is 8.55. The first-order valence-electron chi connectivity index (χ1n) is 8.05. The van der Waals surface area contributed by atoms with Gasteiger partial charge in [-0.15, -0.1) is 0 Å². The summed E-state index contributed by atoms with van der Waals surface area (Å²) >= 11 is 0. The van der Waals surface area contributed by atoms with Gasteiger partial charge in [0.2, 0.25) is 0 Å². The number of carboxylic acid groups (broad SMARTS) is 1. The maximum atomic E-state index is 10.4. The maximum absolute atomic E-state index is 10.4. The van der Waals surface area contributed by atoms with Gasteiger partial charge in [-0.05, 0) is 57.3 Å². The lowest BCUT2D eigenvalue weighted by Crippen LogP contribution is -2.14. The molecule has 0 amide bonds. The lowest BCUT2D eigenvalue weighted by Gasteiger charge is -2.25. The summed E-state index contributed by atoms with van der Waals surface area (Å²) in [6, 6.07) is 0. The average Bonchev–Trinajstić information content (AvgIpc) is 2.47. The van der Waals surface area contributed by atoms with Crippen molar-refractivity contribution in [1.82, 2.24) is 0 Å². The second-order valence-corrected chi connectivity index (χ2v) is 5.61. The Morgan fingerprint density at radius 3 is 2.76 bits per heavy atom. The van der Waals surface area contributed by atoms with Crippen molar-refractivity contribution < 1.29 is 9.90 Å². The van der Waals surface area contributed by atoms with Crippen LogP contribution in [-0.4, -0.2) is 11.1 Å². The first-order valence-corrected chi connectivity index (χ1v) is 8.05. The first kappa shape index (κ1) is 17.5. The molecule has 0 aromatic heterocycles. The summed E-state index contributed by atoms with van der Waals surface area (Å²) in [4.78, 5) is 10.4. The Morgan fingerprint density at radius 1 is 1.19 bits per heavy atom. The van der Waals surface area contributed by atoms with Crippen LogP contribution in [0.1, 0.15) is 51.9 Å². The summed E-state index contributed by atoms with van der Waals surface area (Å²) in [7, 11) is 0. The number of allylic oxidation sites excluding steroid dienone is 8. The highest BCUT2D eigenvalue weighted by Gasteiger charge is 2.18. The van der Waals surface area contributed by atoms with Crippen molar-refractivity contribution in [3.05, 3.63) is 48.6 Å². The Labute approximate surface area is 128 Å². The minimum Gasteiger partial charge on any atom is -0.481 e. The van der Waals surface area contributed by atoms with Crippen LogP contribution < -0.4 is 0 Å². The summed E-state index contributed by atoms with van der Waals surface area (Å²) in [5.41, 5.74) is 0. The van der Waals surface area contributed by atoms with Crippen molar-refractivity contribution in [2.45, 2.75) is 51.9 Å². The quantitative estimate of drug-likeness (QED) is 0.355. The molecule has 0 spiro atoms. The fourth-order valence-corrected chi connectivity index (χ4v) is 2.69. The van der Waals surface area contributed by atoms with E-state index in [2.05, 4.69) is 55.5 Å². The van der Waals surface area contributed by atoms with E-state index in [0.29, 0.717) is 5.92 Å². The van der Waals surface area contributed by atoms with Crippen LogP contribution in [-0.2, 0) is 4.79 Å². The molecule has 0 heterocycles. The lowest BCUT2D eigenvalue weighted by atomic mass is 9.80. The van der Waals surface area contributed by atoms with Gasteiger partial charge in [-0.2, -0.15) is 0 Å². The largest absolute Gasteiger partial charge is 0.481 e. The SMILES string of the molecule is C/C=C/CCC1CC=CCC1/C=C/C=C/CCCC(=O)O. The molecule has 1 aliphatic carbocycles. The Bertz CT molecular complexity index is 402. The molecule has 1 aliphatic rings. The van der Waals surface area contributed by atoms with E-state index in [1.807, 2.05) is 0 Å². The molecule has 2 atom stereocenters. The van der Waals surface area contributed by atoms with E-state index in [-0.39, 0.29) is 6.42 Å². The molecule has 0 bridgehead atoms. The fourth-order valence-electron chi connectivity index (χ4n) is 2.69. The van der Waals surface area contributed by atoms with Crippen LogP contribution in [0.2, 0.25) is 0 Å². The van der Waals surface area contributed by atoms with Gasteiger partial charge in [0.05, 0.1) is 0 Å². The minimum absolute atomic E-state index is 0.258. The Kier molecular flexibility index (Phi) is 9.26. The predicted molar refractivity (Wildman–Crippen MR) is 89.2 cm³/mol. The zero-order chi connectivity index (χ0) is 15.3. The lowest BCUT2D eigenvalue weighted by molar-refractivity contribution is -0.137. The average molecular weight is 288 g/mol. The molecule has 2 heteroatoms. The molecular formula is C19H28O2. The molecule has 0 radical (unpaired) electrons. The molecule has 2 nitrogen and oxygen atoms in total. The van der Waals surface area contributed by atoms with Crippen LogP contribution in [0.25, 0.3) is 0 Å². The van der Waals surface area contributed by atoms with Crippen molar-refractivity contribution in [3.8, 4) is 0 Å². The molecule has 0 fully saturated rings. The molecular weight excluding hydrogens is 260 g/mol. The normalized spacial score (nSPS) is 22.7. The summed E-state index contributed by atoms with van der Waals surface area (Å²) in [5.74, 6) is 0.684. The van der Waals surface area contributed by atoms with E-state index >= 15 is 0 Å². The highest BCUT2D eigenvalue weighted by atomic mass is 16.4. The van der Waals surface area contributed by atoms with E-state index in [9.17, 15) is 4.79 Å². The highest BCUT2D eigenvalue weighted by molar-refractivity contribution is 5.66. The number of hydrogen-bond acceptors (Lipinski definition) is 1. The van der Waals surface area contributed by atoms with Gasteiger partial charge in [0.1, 0.15) is 0 Å². The molecule has 0 aliphatic heterocycles. The number of carboxylic acids is 1. The number of carbonyl (C=O) groups is 1. The zero-order valence-corrected chi connectivity index (χ0v) is 13.1. The number of rotatable bonds is 9. The molecule has 0 saturated heterocycles. The van der Waals surface area contributed by atoms with Crippen molar-refractivity contribution >= 4 is 5.97 Å². The molecule has 0 aromatic rings.